The highest BCUT2D eigenvalue weighted by atomic mass is 32.2. The number of carboxylic acid groups (broad SMARTS) is 2. The monoisotopic (exact) mass is 288 g/mol. The summed E-state index contributed by atoms with van der Waals surface area (Å²) in [6.07, 6.45) is 0. The average Bonchev–Trinajstić information content (AvgIpc) is 2.11. The van der Waals surface area contributed by atoms with Crippen molar-refractivity contribution in [1.29, 1.82) is 0 Å². The molecular formula is C10H8O6S2. The summed E-state index contributed by atoms with van der Waals surface area (Å²) in [4.78, 5) is 43.8. The minimum absolute atomic E-state index is 0.199. The van der Waals surface area contributed by atoms with Crippen LogP contribution in [0.3, 0.4) is 0 Å². The Morgan fingerprint density at radius 3 is 1.22 bits per heavy atom. The van der Waals surface area contributed by atoms with Crippen molar-refractivity contribution in [3.63, 3.8) is 0 Å². The molecule has 0 amide bonds. The molecule has 0 saturated heterocycles. The lowest BCUT2D eigenvalue weighted by Gasteiger charge is -2.01. The van der Waals surface area contributed by atoms with E-state index in [2.05, 4.69) is 0 Å². The lowest BCUT2D eigenvalue weighted by Crippen LogP contribution is -2.26. The predicted molar refractivity (Wildman–Crippen MR) is 64.9 cm³/mol. The zero-order chi connectivity index (χ0) is 14.0. The first-order valence-corrected chi connectivity index (χ1v) is 6.21. The zero-order valence-electron chi connectivity index (χ0n) is 9.34. The number of carboxylic acids is 2. The van der Waals surface area contributed by atoms with Crippen LogP contribution >= 0.6 is 22.7 Å². The minimum atomic E-state index is -1.36. The zero-order valence-corrected chi connectivity index (χ0v) is 11.0. The summed E-state index contributed by atoms with van der Waals surface area (Å²) < 4.78 is 0.398. The Kier molecular flexibility index (Phi) is 4.15. The molecule has 1 aromatic heterocycles. The Balaban J connectivity index is 3.53. The van der Waals surface area contributed by atoms with Crippen molar-refractivity contribution in [3.05, 3.63) is 7.69 Å². The summed E-state index contributed by atoms with van der Waals surface area (Å²) >= 11 is 1.64. The second-order valence-corrected chi connectivity index (χ2v) is 5.81. The Morgan fingerprint density at radius 2 is 1.06 bits per heavy atom. The highest BCUT2D eigenvalue weighted by Gasteiger charge is 2.20. The molecule has 0 radical (unpaired) electrons. The number of carbonyl (C=O) groups is 4. The van der Waals surface area contributed by atoms with Gasteiger partial charge in [-0.3, -0.25) is 9.59 Å². The van der Waals surface area contributed by atoms with Crippen molar-refractivity contribution in [2.75, 3.05) is 0 Å². The van der Waals surface area contributed by atoms with Crippen LogP contribution in [0.2, 0.25) is 0 Å². The average molecular weight is 288 g/mol. The Hall–Kier alpha value is -1.80. The van der Waals surface area contributed by atoms with Crippen molar-refractivity contribution in [1.82, 2.24) is 0 Å². The van der Waals surface area contributed by atoms with Crippen molar-refractivity contribution in [2.24, 2.45) is 0 Å². The number of aliphatic carboxylic acids is 2. The smallest absolute Gasteiger partial charge is 0.341 e. The molecule has 0 bridgehead atoms. The van der Waals surface area contributed by atoms with Gasteiger partial charge in [-0.15, -0.1) is 22.7 Å². The molecule has 2 N–H and O–H groups in total. The van der Waals surface area contributed by atoms with Crippen LogP contribution in [0, 0.1) is 0 Å². The van der Waals surface area contributed by atoms with Gasteiger partial charge in [0.05, 0.1) is 0 Å². The molecule has 6 nitrogen and oxygen atoms in total. The molecule has 1 aromatic rings. The van der Waals surface area contributed by atoms with Crippen molar-refractivity contribution in [2.45, 2.75) is 13.8 Å². The number of hydrogen-bond donors (Lipinski definition) is 2. The fourth-order valence-electron chi connectivity index (χ4n) is 1.14. The first kappa shape index (κ1) is 14.3. The van der Waals surface area contributed by atoms with Crippen molar-refractivity contribution in [3.8, 4) is 0 Å². The molecule has 0 saturated carbocycles. The maximum Gasteiger partial charge on any atom is 0.341 e. The molecule has 0 aliphatic heterocycles. The van der Waals surface area contributed by atoms with Crippen LogP contribution in [0.15, 0.2) is 0 Å². The standard InChI is InChI=1S/C10H8O6S2/c1-3(11)5(7(13)14)9-17-10(18-9)6(4(2)12)8(15)16/h1-2H3,(H,13,14)(H,15,16). The third kappa shape index (κ3) is 2.71. The summed E-state index contributed by atoms with van der Waals surface area (Å²) in [7, 11) is 0. The normalized spacial score (nSPS) is 9.89. The molecule has 0 atom stereocenters. The first-order chi connectivity index (χ1) is 8.25. The lowest BCUT2D eigenvalue weighted by molar-refractivity contribution is -0.133. The maximum atomic E-state index is 11.1. The van der Waals surface area contributed by atoms with Crippen LogP contribution in [0.1, 0.15) is 13.8 Å². The van der Waals surface area contributed by atoms with Crippen LogP contribution < -0.4 is 7.69 Å². The van der Waals surface area contributed by atoms with Gasteiger partial charge >= 0.3 is 11.9 Å². The number of hydrogen-bond acceptors (Lipinski definition) is 6. The van der Waals surface area contributed by atoms with Crippen LogP contribution in [0.5, 0.6) is 0 Å². The molecule has 0 aliphatic rings. The van der Waals surface area contributed by atoms with E-state index in [4.69, 9.17) is 10.2 Å². The van der Waals surface area contributed by atoms with Gasteiger partial charge < -0.3 is 10.2 Å². The fourth-order valence-corrected chi connectivity index (χ4v) is 3.58. The van der Waals surface area contributed by atoms with E-state index < -0.39 is 23.5 Å². The van der Waals surface area contributed by atoms with E-state index in [1.54, 1.807) is 0 Å². The minimum Gasteiger partial charge on any atom is -0.477 e. The summed E-state index contributed by atoms with van der Waals surface area (Å²) in [5, 5.41) is 17.6. The van der Waals surface area contributed by atoms with Crippen LogP contribution in [0.4, 0.5) is 0 Å². The second kappa shape index (κ2) is 5.23. The van der Waals surface area contributed by atoms with Crippen molar-refractivity contribution < 1.29 is 29.4 Å². The van der Waals surface area contributed by atoms with E-state index in [9.17, 15) is 19.2 Å². The molecule has 1 rings (SSSR count). The van der Waals surface area contributed by atoms with Gasteiger partial charge in [0, 0.05) is 0 Å². The van der Waals surface area contributed by atoms with E-state index in [1.165, 1.54) is 0 Å². The molecule has 18 heavy (non-hydrogen) atoms. The van der Waals surface area contributed by atoms with E-state index in [1.807, 2.05) is 0 Å². The maximum absolute atomic E-state index is 11.1. The van der Waals surface area contributed by atoms with Gasteiger partial charge in [-0.2, -0.15) is 0 Å². The highest BCUT2D eigenvalue weighted by Crippen LogP contribution is 2.04. The molecule has 0 aromatic carbocycles. The molecule has 0 aliphatic carbocycles. The first-order valence-electron chi connectivity index (χ1n) is 4.58. The quantitative estimate of drug-likeness (QED) is 0.720. The number of Topliss-reactive ketones (excluding diaryl/α,β-unsaturated/α-hetero) is 2. The molecule has 0 spiro atoms. The third-order valence-corrected chi connectivity index (χ3v) is 4.47. The van der Waals surface area contributed by atoms with E-state index in [0.717, 1.165) is 36.5 Å². The Bertz CT molecular complexity index is 556. The van der Waals surface area contributed by atoms with Gasteiger partial charge in [0.15, 0.2) is 11.6 Å². The SMILES string of the molecule is CC(=O)C(C(=O)O)=c1sc(=C(C(C)=O)C(=O)O)s1. The van der Waals surface area contributed by atoms with Crippen LogP contribution in [-0.2, 0) is 19.2 Å². The molecule has 96 valence electrons. The summed E-state index contributed by atoms with van der Waals surface area (Å²) in [5.41, 5.74) is -0.774. The van der Waals surface area contributed by atoms with Crippen LogP contribution in [0.25, 0.3) is 11.1 Å². The van der Waals surface area contributed by atoms with Gasteiger partial charge in [0.25, 0.3) is 0 Å². The lowest BCUT2D eigenvalue weighted by atomic mass is 10.2. The van der Waals surface area contributed by atoms with Gasteiger partial charge in [-0.1, -0.05) is 0 Å². The van der Waals surface area contributed by atoms with E-state index in [0.29, 0.717) is 0 Å². The Labute approximate surface area is 108 Å². The molecule has 8 heteroatoms. The van der Waals surface area contributed by atoms with Gasteiger partial charge in [-0.05, 0) is 13.8 Å². The topological polar surface area (TPSA) is 109 Å². The fraction of sp³-hybridized carbons (Fsp3) is 0.200. The van der Waals surface area contributed by atoms with Crippen molar-refractivity contribution >= 4 is 57.3 Å². The summed E-state index contributed by atoms with van der Waals surface area (Å²) in [5.74, 6) is -3.96. The van der Waals surface area contributed by atoms with Gasteiger partial charge in [-0.25, -0.2) is 9.59 Å². The third-order valence-electron chi connectivity index (χ3n) is 1.91. The van der Waals surface area contributed by atoms with Crippen LogP contribution in [-0.4, -0.2) is 33.7 Å². The van der Waals surface area contributed by atoms with E-state index in [-0.39, 0.29) is 18.8 Å². The predicted octanol–water partition coefficient (Wildman–Crippen LogP) is -0.542. The van der Waals surface area contributed by atoms with Gasteiger partial charge in [0.2, 0.25) is 0 Å². The number of rotatable bonds is 4. The molecule has 0 fully saturated rings. The largest absolute Gasteiger partial charge is 0.477 e. The molecule has 1 heterocycles. The molecular weight excluding hydrogens is 280 g/mol. The van der Waals surface area contributed by atoms with Gasteiger partial charge in [0.1, 0.15) is 18.8 Å². The second-order valence-electron chi connectivity index (χ2n) is 3.25. The Morgan fingerprint density at radius 1 is 0.778 bits per heavy atom. The highest BCUT2D eigenvalue weighted by molar-refractivity contribution is 7.36. The summed E-state index contributed by atoms with van der Waals surface area (Å²) in [6, 6.07) is 0. The number of ketones is 2. The number of carbonyl (C=O) groups excluding carboxylic acids is 2. The molecule has 0 unspecified atom stereocenters. The van der Waals surface area contributed by atoms with E-state index >= 15 is 0 Å². The summed E-state index contributed by atoms with van der Waals surface area (Å²) in [6.45, 7) is 2.23.